The van der Waals surface area contributed by atoms with Gasteiger partial charge in [-0.2, -0.15) is 0 Å². The first-order chi connectivity index (χ1) is 15.0. The first-order valence-electron chi connectivity index (χ1n) is 11.8. The molecule has 1 aliphatic rings. The second kappa shape index (κ2) is 13.8. The molecule has 1 aromatic carbocycles. The van der Waals surface area contributed by atoms with Crippen LogP contribution in [0.3, 0.4) is 0 Å². The van der Waals surface area contributed by atoms with Crippen molar-refractivity contribution in [3.05, 3.63) is 35.9 Å². The van der Waals surface area contributed by atoms with Crippen molar-refractivity contribution in [2.24, 2.45) is 5.92 Å². The van der Waals surface area contributed by atoms with Crippen molar-refractivity contribution >= 4 is 17.8 Å². The van der Waals surface area contributed by atoms with Crippen molar-refractivity contribution in [1.82, 2.24) is 10.6 Å². The number of benzene rings is 1. The molecule has 2 rings (SSSR count). The minimum Gasteiger partial charge on any atom is -0.465 e. The fraction of sp³-hybridized carbons (Fsp3) is 0.640. The maximum atomic E-state index is 12.4. The molecule has 0 aliphatic carbocycles. The highest BCUT2D eigenvalue weighted by molar-refractivity contribution is 5.98. The highest BCUT2D eigenvalue weighted by Gasteiger charge is 2.35. The van der Waals surface area contributed by atoms with Crippen LogP contribution in [-0.2, 0) is 25.5 Å². The molecular weight excluding hydrogens is 392 g/mol. The fourth-order valence-corrected chi connectivity index (χ4v) is 3.91. The van der Waals surface area contributed by atoms with Gasteiger partial charge >= 0.3 is 5.97 Å². The number of ether oxygens (including phenoxy) is 1. The number of carbonyl (C=O) groups excluding carboxylic acids is 3. The van der Waals surface area contributed by atoms with Crippen LogP contribution < -0.4 is 10.6 Å². The topological polar surface area (TPSA) is 84.5 Å². The lowest BCUT2D eigenvalue weighted by molar-refractivity contribution is -0.149. The van der Waals surface area contributed by atoms with Crippen LogP contribution in [0, 0.1) is 5.92 Å². The molecule has 6 nitrogen and oxygen atoms in total. The van der Waals surface area contributed by atoms with E-state index >= 15 is 0 Å². The summed E-state index contributed by atoms with van der Waals surface area (Å²) in [5.74, 6) is -0.666. The Morgan fingerprint density at radius 2 is 1.55 bits per heavy atom. The quantitative estimate of drug-likeness (QED) is 0.346. The molecule has 3 atom stereocenters. The Hall–Kier alpha value is -2.37. The van der Waals surface area contributed by atoms with Crippen LogP contribution in [0.15, 0.2) is 30.3 Å². The molecular formula is C25H38N2O4. The van der Waals surface area contributed by atoms with E-state index in [-0.39, 0.29) is 18.2 Å². The maximum Gasteiger partial charge on any atom is 0.308 e. The van der Waals surface area contributed by atoms with Crippen molar-refractivity contribution in [3.8, 4) is 0 Å². The van der Waals surface area contributed by atoms with E-state index in [0.29, 0.717) is 18.9 Å². The predicted octanol–water partition coefficient (Wildman–Crippen LogP) is 3.92. The van der Waals surface area contributed by atoms with Crippen LogP contribution >= 0.6 is 0 Å². The zero-order valence-electron chi connectivity index (χ0n) is 19.0. The third kappa shape index (κ3) is 9.11. The second-order valence-corrected chi connectivity index (χ2v) is 8.56. The van der Waals surface area contributed by atoms with Crippen molar-refractivity contribution in [2.45, 2.75) is 90.1 Å². The molecule has 1 unspecified atom stereocenters. The molecule has 0 bridgehead atoms. The standard InChI is InChI=1S/C25H38N2O4/c1-3-5-7-9-15-20(12-6-4-2)18-31-23(28)17-22-25(30)26-21(24(29)27-22)16-19-13-10-8-11-14-19/h8,10-11,13-14,20-22H,3-7,9,12,15-18H2,1-2H3,(H,26,30)(H,27,29)/t20?,21-,22-/m0/s1. The van der Waals surface area contributed by atoms with E-state index in [4.69, 9.17) is 4.74 Å². The number of nitrogens with one attached hydrogen (secondary N) is 2. The monoisotopic (exact) mass is 430 g/mol. The lowest BCUT2D eigenvalue weighted by Crippen LogP contribution is -2.62. The van der Waals surface area contributed by atoms with Crippen molar-refractivity contribution in [1.29, 1.82) is 0 Å². The van der Waals surface area contributed by atoms with Gasteiger partial charge < -0.3 is 15.4 Å². The Morgan fingerprint density at radius 3 is 2.26 bits per heavy atom. The number of hydrogen-bond acceptors (Lipinski definition) is 4. The van der Waals surface area contributed by atoms with Gasteiger partial charge in [-0.1, -0.05) is 82.7 Å². The van der Waals surface area contributed by atoms with Crippen LogP contribution in [0.2, 0.25) is 0 Å². The van der Waals surface area contributed by atoms with E-state index in [0.717, 1.165) is 37.7 Å². The first kappa shape index (κ1) is 24.9. The van der Waals surface area contributed by atoms with Gasteiger partial charge in [0.25, 0.3) is 0 Å². The molecule has 1 heterocycles. The van der Waals surface area contributed by atoms with Gasteiger partial charge in [0.15, 0.2) is 0 Å². The van der Waals surface area contributed by atoms with Gasteiger partial charge in [0, 0.05) is 6.42 Å². The predicted molar refractivity (Wildman–Crippen MR) is 121 cm³/mol. The summed E-state index contributed by atoms with van der Waals surface area (Å²) in [6, 6.07) is 8.04. The van der Waals surface area contributed by atoms with Gasteiger partial charge in [-0.15, -0.1) is 0 Å². The summed E-state index contributed by atoms with van der Waals surface area (Å²) < 4.78 is 5.50. The Morgan fingerprint density at radius 1 is 0.903 bits per heavy atom. The van der Waals surface area contributed by atoms with Gasteiger partial charge in [-0.05, 0) is 24.3 Å². The minimum atomic E-state index is -0.870. The molecule has 0 aromatic heterocycles. The molecule has 0 saturated carbocycles. The summed E-state index contributed by atoms with van der Waals surface area (Å²) in [4.78, 5) is 37.2. The van der Waals surface area contributed by atoms with Gasteiger partial charge in [0.05, 0.1) is 13.0 Å². The second-order valence-electron chi connectivity index (χ2n) is 8.56. The number of carbonyl (C=O) groups is 3. The van der Waals surface area contributed by atoms with Gasteiger partial charge in [-0.25, -0.2) is 0 Å². The average Bonchev–Trinajstić information content (AvgIpc) is 2.76. The molecule has 2 amide bonds. The van der Waals surface area contributed by atoms with Gasteiger partial charge in [-0.3, -0.25) is 14.4 Å². The molecule has 1 fully saturated rings. The lowest BCUT2D eigenvalue weighted by Gasteiger charge is -2.29. The lowest BCUT2D eigenvalue weighted by atomic mass is 9.96. The third-order valence-electron chi connectivity index (χ3n) is 5.83. The summed E-state index contributed by atoms with van der Waals surface area (Å²) in [5, 5.41) is 5.43. The number of piperazine rings is 1. The fourth-order valence-electron chi connectivity index (χ4n) is 3.91. The van der Waals surface area contributed by atoms with Gasteiger partial charge in [0.1, 0.15) is 12.1 Å². The van der Waals surface area contributed by atoms with E-state index in [2.05, 4.69) is 24.5 Å². The van der Waals surface area contributed by atoms with Crippen molar-refractivity contribution in [3.63, 3.8) is 0 Å². The maximum absolute atomic E-state index is 12.4. The number of hydrogen-bond donors (Lipinski definition) is 2. The summed E-state index contributed by atoms with van der Waals surface area (Å²) in [7, 11) is 0. The Labute approximate surface area is 186 Å². The highest BCUT2D eigenvalue weighted by atomic mass is 16.5. The SMILES string of the molecule is CCCCCCC(CCCC)COC(=O)C[C@@H]1NC(=O)[C@H](Cc2ccccc2)NC1=O. The number of unbranched alkanes of at least 4 members (excludes halogenated alkanes) is 4. The van der Waals surface area contributed by atoms with Crippen LogP contribution in [0.4, 0.5) is 0 Å². The number of esters is 1. The van der Waals surface area contributed by atoms with Crippen LogP contribution in [-0.4, -0.2) is 36.5 Å². The van der Waals surface area contributed by atoms with Crippen LogP contribution in [0.5, 0.6) is 0 Å². The molecule has 31 heavy (non-hydrogen) atoms. The summed E-state index contributed by atoms with van der Waals surface area (Å²) in [5.41, 5.74) is 0.970. The molecule has 0 spiro atoms. The van der Waals surface area contributed by atoms with E-state index in [9.17, 15) is 14.4 Å². The Kier molecular flexibility index (Phi) is 11.1. The molecule has 6 heteroatoms. The van der Waals surface area contributed by atoms with E-state index < -0.39 is 18.1 Å². The van der Waals surface area contributed by atoms with E-state index in [1.54, 1.807) is 0 Å². The zero-order valence-corrected chi connectivity index (χ0v) is 19.0. The first-order valence-corrected chi connectivity index (χ1v) is 11.8. The van der Waals surface area contributed by atoms with E-state index in [1.165, 1.54) is 19.3 Å². The highest BCUT2D eigenvalue weighted by Crippen LogP contribution is 2.18. The van der Waals surface area contributed by atoms with Crippen molar-refractivity contribution in [2.75, 3.05) is 6.61 Å². The smallest absolute Gasteiger partial charge is 0.308 e. The zero-order chi connectivity index (χ0) is 22.5. The molecule has 1 aliphatic heterocycles. The molecule has 2 N–H and O–H groups in total. The molecule has 0 radical (unpaired) electrons. The van der Waals surface area contributed by atoms with Crippen molar-refractivity contribution < 1.29 is 19.1 Å². The summed E-state index contributed by atoms with van der Waals surface area (Å²) in [6.07, 6.45) is 9.47. The average molecular weight is 431 g/mol. The molecule has 1 aromatic rings. The largest absolute Gasteiger partial charge is 0.465 e. The Bertz CT molecular complexity index is 692. The van der Waals surface area contributed by atoms with E-state index in [1.807, 2.05) is 30.3 Å². The Balaban J connectivity index is 1.77. The molecule has 1 saturated heterocycles. The normalized spacial score (nSPS) is 19.4. The van der Waals surface area contributed by atoms with Crippen LogP contribution in [0.25, 0.3) is 0 Å². The summed E-state index contributed by atoms with van der Waals surface area (Å²) >= 11 is 0. The number of amides is 2. The molecule has 172 valence electrons. The number of rotatable bonds is 14. The third-order valence-corrected chi connectivity index (χ3v) is 5.83. The van der Waals surface area contributed by atoms with Gasteiger partial charge in [0.2, 0.25) is 11.8 Å². The van der Waals surface area contributed by atoms with Crippen LogP contribution in [0.1, 0.15) is 77.2 Å². The summed E-state index contributed by atoms with van der Waals surface area (Å²) in [6.45, 7) is 4.75. The minimum absolute atomic E-state index is 0.133.